The summed E-state index contributed by atoms with van der Waals surface area (Å²) in [6, 6.07) is 34.3. The van der Waals surface area contributed by atoms with E-state index in [2.05, 4.69) is 87.6 Å². The summed E-state index contributed by atoms with van der Waals surface area (Å²) in [7, 11) is 0. The van der Waals surface area contributed by atoms with Crippen molar-refractivity contribution in [2.75, 3.05) is 59.1 Å². The van der Waals surface area contributed by atoms with E-state index in [9.17, 15) is 0 Å². The molecule has 2 aliphatic rings. The van der Waals surface area contributed by atoms with Crippen LogP contribution >= 0.6 is 0 Å². The zero-order chi connectivity index (χ0) is 35.5. The van der Waals surface area contributed by atoms with Crippen molar-refractivity contribution >= 4 is 34.4 Å². The molecular weight excluding hydrogens is 1040 g/mol. The Morgan fingerprint density at radius 1 is 0.611 bits per heavy atom. The number of aromatic nitrogens is 6. The second kappa shape index (κ2) is 20.4. The van der Waals surface area contributed by atoms with Gasteiger partial charge < -0.3 is 49.5 Å². The first-order valence-corrected chi connectivity index (χ1v) is 17.3. The van der Waals surface area contributed by atoms with Gasteiger partial charge in [-0.25, -0.2) is 9.97 Å². The zero-order valence-electron chi connectivity index (χ0n) is 30.0. The van der Waals surface area contributed by atoms with Crippen LogP contribution in [-0.4, -0.2) is 59.7 Å². The monoisotopic (exact) mass is 1080 g/mol. The van der Waals surface area contributed by atoms with Gasteiger partial charge in [-0.2, -0.15) is 74.0 Å². The standard InChI is InChI=1S/2C20H20N5O.2Pt/c2*1-16-14-17(23-22-16)9-12-26-13-11-24-15-25(18-6-3-2-4-7-18)20-19(24)8-5-10-21-20;;/h2*2-6,8,10,14-15H,9,11-13H2,1H3;;/q2*-3;;. The third-order valence-electron chi connectivity index (χ3n) is 8.40. The quantitative estimate of drug-likeness (QED) is 0.0979. The normalized spacial score (nSPS) is 12.8. The first kappa shape index (κ1) is 40.8. The summed E-state index contributed by atoms with van der Waals surface area (Å²) < 4.78 is 11.6. The Labute approximate surface area is 345 Å². The van der Waals surface area contributed by atoms with Gasteiger partial charge in [0.25, 0.3) is 0 Å². The van der Waals surface area contributed by atoms with E-state index in [1.165, 1.54) is 0 Å². The summed E-state index contributed by atoms with van der Waals surface area (Å²) in [6.45, 7) is 12.1. The molecule has 0 N–H and O–H groups in total. The van der Waals surface area contributed by atoms with Crippen LogP contribution < -0.4 is 29.8 Å². The van der Waals surface area contributed by atoms with E-state index in [4.69, 9.17) is 9.47 Å². The van der Waals surface area contributed by atoms with Crippen LogP contribution in [-0.2, 0) is 64.4 Å². The number of benzene rings is 2. The van der Waals surface area contributed by atoms with E-state index in [-0.39, 0.29) is 42.1 Å². The Kier molecular flexibility index (Phi) is 15.4. The second-order valence-electron chi connectivity index (χ2n) is 12.2. The molecule has 0 bridgehead atoms. The Hall–Kier alpha value is -4.34. The minimum Gasteiger partial charge on any atom is -0.579 e. The molecule has 0 saturated carbocycles. The van der Waals surface area contributed by atoms with Crippen LogP contribution in [0.3, 0.4) is 0 Å². The number of anilines is 6. The number of hydrogen-bond donors (Lipinski definition) is 0. The van der Waals surface area contributed by atoms with Gasteiger partial charge in [0.15, 0.2) is 0 Å². The molecule has 0 amide bonds. The number of aryl methyl sites for hydroxylation is 2. The Morgan fingerprint density at radius 3 is 1.46 bits per heavy atom. The van der Waals surface area contributed by atoms with Crippen molar-refractivity contribution in [3.8, 4) is 0 Å². The molecule has 288 valence electrons. The molecule has 8 rings (SSSR count). The van der Waals surface area contributed by atoms with Gasteiger partial charge in [-0.3, -0.25) is 0 Å². The summed E-state index contributed by atoms with van der Waals surface area (Å²) >= 11 is 0. The predicted molar refractivity (Wildman–Crippen MR) is 200 cm³/mol. The van der Waals surface area contributed by atoms with Crippen LogP contribution in [0.15, 0.2) is 97.3 Å². The van der Waals surface area contributed by atoms with Gasteiger partial charge in [0.2, 0.25) is 0 Å². The molecule has 0 aliphatic carbocycles. The summed E-state index contributed by atoms with van der Waals surface area (Å²) in [5.41, 5.74) is 7.96. The van der Waals surface area contributed by atoms with Crippen molar-refractivity contribution in [1.82, 2.24) is 30.4 Å². The minimum atomic E-state index is 0. The minimum absolute atomic E-state index is 0. The Morgan fingerprint density at radius 2 is 1.07 bits per heavy atom. The van der Waals surface area contributed by atoms with Crippen molar-refractivity contribution in [1.29, 1.82) is 0 Å². The largest absolute Gasteiger partial charge is 0.579 e. The number of pyridine rings is 2. The maximum atomic E-state index is 5.79. The molecule has 0 atom stereocenters. The molecule has 0 fully saturated rings. The van der Waals surface area contributed by atoms with Gasteiger partial charge in [-0.1, -0.05) is 26.0 Å². The molecular formula is C40H40N10O2Pt2-6. The summed E-state index contributed by atoms with van der Waals surface area (Å²) in [6.07, 6.45) is 5.19. The van der Waals surface area contributed by atoms with Crippen molar-refractivity contribution in [3.05, 3.63) is 146 Å². The van der Waals surface area contributed by atoms with E-state index in [0.717, 1.165) is 83.1 Å². The topological polar surface area (TPSA) is 111 Å². The van der Waals surface area contributed by atoms with Crippen molar-refractivity contribution < 1.29 is 51.6 Å². The van der Waals surface area contributed by atoms with Gasteiger partial charge in [0.1, 0.15) is 11.6 Å². The van der Waals surface area contributed by atoms with Crippen molar-refractivity contribution in [2.24, 2.45) is 0 Å². The van der Waals surface area contributed by atoms with Crippen LogP contribution in [0.5, 0.6) is 0 Å². The predicted octanol–water partition coefficient (Wildman–Crippen LogP) is 5.75. The molecule has 0 spiro atoms. The van der Waals surface area contributed by atoms with E-state index in [0.29, 0.717) is 26.4 Å². The molecule has 2 aliphatic heterocycles. The molecule has 4 aromatic heterocycles. The maximum Gasteiger partial charge on any atom is 0.124 e. The average Bonchev–Trinajstić information content (AvgIpc) is 3.98. The molecule has 14 heteroatoms. The number of fused-ring (bicyclic) bond motifs is 2. The van der Waals surface area contributed by atoms with Crippen LogP contribution in [0.1, 0.15) is 22.8 Å². The first-order chi connectivity index (χ1) is 25.6. The van der Waals surface area contributed by atoms with Gasteiger partial charge >= 0.3 is 0 Å². The first-order valence-electron chi connectivity index (χ1n) is 17.3. The average molecular weight is 1080 g/mol. The van der Waals surface area contributed by atoms with E-state index >= 15 is 0 Å². The number of para-hydroxylation sites is 2. The summed E-state index contributed by atoms with van der Waals surface area (Å²) in [5.74, 6) is 1.83. The van der Waals surface area contributed by atoms with Gasteiger partial charge in [0.05, 0.1) is 26.4 Å². The molecule has 12 nitrogen and oxygen atoms in total. The smallest absolute Gasteiger partial charge is 0.124 e. The summed E-state index contributed by atoms with van der Waals surface area (Å²) in [4.78, 5) is 17.5. The number of ether oxygens (including phenoxy) is 2. The fraction of sp³-hybridized carbons (Fsp3) is 0.250. The van der Waals surface area contributed by atoms with Gasteiger partial charge in [-0.15, -0.1) is 22.8 Å². The van der Waals surface area contributed by atoms with E-state index in [1.54, 1.807) is 0 Å². The fourth-order valence-electron chi connectivity index (χ4n) is 5.90. The SMILES string of the molecule is Cc1cc(CCOCCN2[CH-]N(c3[c-]cccc3)c3ncccc32)n[n-]1.Cc1cc(CCOCCN2[CH-]N(c3[c-]cccc3)c3ncccc32)n[n-]1.[Pt].[Pt]. The fourth-order valence-corrected chi connectivity index (χ4v) is 5.90. The second-order valence-corrected chi connectivity index (χ2v) is 12.2. The third kappa shape index (κ3) is 10.4. The maximum absolute atomic E-state index is 5.79. The Balaban J connectivity index is 0.000000200. The third-order valence-corrected chi connectivity index (χ3v) is 8.40. The van der Waals surface area contributed by atoms with Gasteiger partial charge in [-0.05, 0) is 24.3 Å². The van der Waals surface area contributed by atoms with Crippen LogP contribution in [0, 0.1) is 39.3 Å². The Bertz CT molecular complexity index is 1850. The molecule has 2 aromatic carbocycles. The van der Waals surface area contributed by atoms with E-state index in [1.807, 2.05) is 99.0 Å². The molecule has 0 saturated heterocycles. The van der Waals surface area contributed by atoms with E-state index < -0.39 is 0 Å². The number of hydrogen-bond acceptors (Lipinski definition) is 10. The summed E-state index contributed by atoms with van der Waals surface area (Å²) in [5, 5.41) is 16.2. The molecule has 6 aromatic rings. The van der Waals surface area contributed by atoms with Gasteiger partial charge in [0, 0.05) is 103 Å². The van der Waals surface area contributed by atoms with Crippen LogP contribution in [0.2, 0.25) is 0 Å². The number of rotatable bonds is 14. The molecule has 0 unspecified atom stereocenters. The number of nitrogens with zero attached hydrogens (tertiary/aromatic N) is 10. The van der Waals surface area contributed by atoms with Crippen molar-refractivity contribution in [3.63, 3.8) is 0 Å². The zero-order valence-corrected chi connectivity index (χ0v) is 34.5. The molecule has 54 heavy (non-hydrogen) atoms. The molecule has 6 heterocycles. The van der Waals surface area contributed by atoms with Crippen LogP contribution in [0.4, 0.5) is 34.4 Å². The van der Waals surface area contributed by atoms with Crippen LogP contribution in [0.25, 0.3) is 0 Å². The van der Waals surface area contributed by atoms with Crippen molar-refractivity contribution in [2.45, 2.75) is 26.7 Å². The molecule has 0 radical (unpaired) electrons.